The quantitative estimate of drug-likeness (QED) is 0.791. The third-order valence-corrected chi connectivity index (χ3v) is 4.94. The van der Waals surface area contributed by atoms with E-state index in [1.165, 1.54) is 18.2 Å². The van der Waals surface area contributed by atoms with Crippen LogP contribution in [-0.4, -0.2) is 48.3 Å². The lowest BCUT2D eigenvalue weighted by Crippen LogP contribution is -2.39. The van der Waals surface area contributed by atoms with Crippen molar-refractivity contribution < 1.29 is 14.0 Å². The van der Waals surface area contributed by atoms with Crippen LogP contribution in [0.5, 0.6) is 0 Å². The number of carbonyl (C=O) groups is 2. The second-order valence-corrected chi connectivity index (χ2v) is 6.23. The average Bonchev–Trinajstić information content (AvgIpc) is 2.94. The first kappa shape index (κ1) is 14.0. The second kappa shape index (κ2) is 4.83. The number of rotatable bonds is 1. The van der Waals surface area contributed by atoms with Gasteiger partial charge in [0.15, 0.2) is 0 Å². The van der Waals surface area contributed by atoms with Gasteiger partial charge in [0.05, 0.1) is 5.41 Å². The molecule has 21 heavy (non-hydrogen) atoms. The van der Waals surface area contributed by atoms with Crippen molar-refractivity contribution in [1.82, 2.24) is 9.80 Å². The van der Waals surface area contributed by atoms with Crippen molar-refractivity contribution in [2.75, 3.05) is 26.7 Å². The van der Waals surface area contributed by atoms with Gasteiger partial charge < -0.3 is 9.80 Å². The molecule has 112 valence electrons. The Bertz CT molecular complexity index is 604. The Morgan fingerprint density at radius 3 is 2.81 bits per heavy atom. The molecule has 0 aromatic heterocycles. The van der Waals surface area contributed by atoms with Gasteiger partial charge in [0.2, 0.25) is 5.91 Å². The number of likely N-dealkylation sites (tertiary alicyclic amines) is 2. The van der Waals surface area contributed by atoms with Crippen molar-refractivity contribution in [3.8, 4) is 0 Å². The molecule has 0 aliphatic carbocycles. The van der Waals surface area contributed by atoms with E-state index in [1.807, 2.05) is 6.92 Å². The lowest BCUT2D eigenvalue weighted by molar-refractivity contribution is -0.135. The zero-order chi connectivity index (χ0) is 15.2. The van der Waals surface area contributed by atoms with Crippen LogP contribution >= 0.6 is 0 Å². The number of halogens is 1. The first-order valence-corrected chi connectivity index (χ1v) is 7.24. The summed E-state index contributed by atoms with van der Waals surface area (Å²) >= 11 is 0. The maximum atomic E-state index is 13.3. The highest BCUT2D eigenvalue weighted by atomic mass is 19.1. The standard InChI is InChI=1S/C16H19FN2O2/c1-11-9-19(10-16(11)6-7-18(2)15(16)21)14(20)12-4-3-5-13(17)8-12/h3-5,8,11H,6-7,9-10H2,1-2H3/t11-,16-/m0/s1. The van der Waals surface area contributed by atoms with Gasteiger partial charge >= 0.3 is 0 Å². The Morgan fingerprint density at radius 1 is 1.43 bits per heavy atom. The van der Waals surface area contributed by atoms with Gasteiger partial charge in [-0.25, -0.2) is 4.39 Å². The first-order chi connectivity index (χ1) is 9.94. The number of hydrogen-bond donors (Lipinski definition) is 0. The lowest BCUT2D eigenvalue weighted by atomic mass is 9.78. The van der Waals surface area contributed by atoms with Crippen LogP contribution in [0.1, 0.15) is 23.7 Å². The summed E-state index contributed by atoms with van der Waals surface area (Å²) in [5.74, 6) is -0.350. The zero-order valence-electron chi connectivity index (χ0n) is 12.3. The molecule has 2 saturated heterocycles. The van der Waals surface area contributed by atoms with Gasteiger partial charge in [-0.1, -0.05) is 13.0 Å². The van der Waals surface area contributed by atoms with E-state index in [0.29, 0.717) is 18.7 Å². The summed E-state index contributed by atoms with van der Waals surface area (Å²) in [5, 5.41) is 0. The highest BCUT2D eigenvalue weighted by Gasteiger charge is 2.55. The van der Waals surface area contributed by atoms with E-state index in [-0.39, 0.29) is 17.7 Å². The van der Waals surface area contributed by atoms with E-state index >= 15 is 0 Å². The van der Waals surface area contributed by atoms with Gasteiger partial charge in [-0.2, -0.15) is 0 Å². The summed E-state index contributed by atoms with van der Waals surface area (Å²) in [6, 6.07) is 5.72. The molecule has 0 radical (unpaired) electrons. The zero-order valence-corrected chi connectivity index (χ0v) is 12.3. The number of hydrogen-bond acceptors (Lipinski definition) is 2. The monoisotopic (exact) mass is 290 g/mol. The first-order valence-electron chi connectivity index (χ1n) is 7.24. The molecular formula is C16H19FN2O2. The molecule has 2 aliphatic rings. The molecule has 5 heteroatoms. The maximum Gasteiger partial charge on any atom is 0.253 e. The van der Waals surface area contributed by atoms with Gasteiger partial charge in [-0.05, 0) is 30.5 Å². The molecule has 1 aromatic carbocycles. The fraction of sp³-hybridized carbons (Fsp3) is 0.500. The maximum absolute atomic E-state index is 13.3. The van der Waals surface area contributed by atoms with Crippen LogP contribution in [0.15, 0.2) is 24.3 Å². The molecule has 2 fully saturated rings. The summed E-state index contributed by atoms with van der Waals surface area (Å²) in [7, 11) is 1.81. The Labute approximate surface area is 123 Å². The fourth-order valence-electron chi connectivity index (χ4n) is 3.58. The number of nitrogens with zero attached hydrogens (tertiary/aromatic N) is 2. The van der Waals surface area contributed by atoms with Crippen LogP contribution in [0.25, 0.3) is 0 Å². The summed E-state index contributed by atoms with van der Waals surface area (Å²) in [5.41, 5.74) is -0.101. The highest BCUT2D eigenvalue weighted by Crippen LogP contribution is 2.44. The van der Waals surface area contributed by atoms with E-state index < -0.39 is 11.2 Å². The summed E-state index contributed by atoms with van der Waals surface area (Å²) < 4.78 is 13.3. The number of amides is 2. The van der Waals surface area contributed by atoms with Crippen LogP contribution in [0.2, 0.25) is 0 Å². The van der Waals surface area contributed by atoms with Crippen LogP contribution in [-0.2, 0) is 4.79 Å². The number of carbonyl (C=O) groups excluding carboxylic acids is 2. The summed E-state index contributed by atoms with van der Waals surface area (Å²) in [6.45, 7) is 3.75. The topological polar surface area (TPSA) is 40.6 Å². The minimum absolute atomic E-state index is 0.129. The van der Waals surface area contributed by atoms with Crippen molar-refractivity contribution in [3.05, 3.63) is 35.6 Å². The molecule has 2 aliphatic heterocycles. The van der Waals surface area contributed by atoms with Crippen molar-refractivity contribution in [3.63, 3.8) is 0 Å². The normalized spacial score (nSPS) is 28.7. The second-order valence-electron chi connectivity index (χ2n) is 6.23. The molecule has 2 heterocycles. The largest absolute Gasteiger partial charge is 0.345 e. The predicted molar refractivity (Wildman–Crippen MR) is 76.2 cm³/mol. The van der Waals surface area contributed by atoms with Gasteiger partial charge in [-0.3, -0.25) is 9.59 Å². The molecule has 4 nitrogen and oxygen atoms in total. The Morgan fingerprint density at radius 2 is 2.19 bits per heavy atom. The fourth-order valence-corrected chi connectivity index (χ4v) is 3.58. The molecule has 0 bridgehead atoms. The minimum atomic E-state index is -0.447. The molecular weight excluding hydrogens is 271 g/mol. The highest BCUT2D eigenvalue weighted by molar-refractivity contribution is 5.95. The van der Waals surface area contributed by atoms with Crippen LogP contribution in [0, 0.1) is 17.2 Å². The van der Waals surface area contributed by atoms with Crippen LogP contribution in [0.4, 0.5) is 4.39 Å². The number of benzene rings is 1. The van der Waals surface area contributed by atoms with Gasteiger partial charge in [0, 0.05) is 32.2 Å². The van der Waals surface area contributed by atoms with E-state index in [9.17, 15) is 14.0 Å². The Balaban J connectivity index is 1.83. The smallest absolute Gasteiger partial charge is 0.253 e. The molecule has 0 unspecified atom stereocenters. The third-order valence-electron chi connectivity index (χ3n) is 4.94. The van der Waals surface area contributed by atoms with E-state index in [0.717, 1.165) is 13.0 Å². The Kier molecular flexibility index (Phi) is 3.23. The SMILES string of the molecule is C[C@H]1CN(C(=O)c2cccc(F)c2)C[C@@]12CCN(C)C2=O. The van der Waals surface area contributed by atoms with Crippen molar-refractivity contribution in [2.24, 2.45) is 11.3 Å². The predicted octanol–water partition coefficient (Wildman–Crippen LogP) is 1.77. The van der Waals surface area contributed by atoms with E-state index in [2.05, 4.69) is 0 Å². The van der Waals surface area contributed by atoms with Crippen LogP contribution < -0.4 is 0 Å². The summed E-state index contributed by atoms with van der Waals surface area (Å²) in [6.07, 6.45) is 0.788. The van der Waals surface area contributed by atoms with Gasteiger partial charge in [0.25, 0.3) is 5.91 Å². The molecule has 1 spiro atoms. The minimum Gasteiger partial charge on any atom is -0.345 e. The van der Waals surface area contributed by atoms with Crippen LogP contribution in [0.3, 0.4) is 0 Å². The van der Waals surface area contributed by atoms with E-state index in [4.69, 9.17) is 0 Å². The third kappa shape index (κ3) is 2.11. The van der Waals surface area contributed by atoms with Gasteiger partial charge in [-0.15, -0.1) is 0 Å². The summed E-state index contributed by atoms with van der Waals surface area (Å²) in [4.78, 5) is 28.4. The molecule has 1 aromatic rings. The van der Waals surface area contributed by atoms with Gasteiger partial charge in [0.1, 0.15) is 5.82 Å². The molecule has 2 atom stereocenters. The average molecular weight is 290 g/mol. The van der Waals surface area contributed by atoms with Crippen molar-refractivity contribution in [2.45, 2.75) is 13.3 Å². The lowest BCUT2D eigenvalue weighted by Gasteiger charge is -2.25. The molecule has 0 N–H and O–H groups in total. The molecule has 0 saturated carbocycles. The van der Waals surface area contributed by atoms with Crippen molar-refractivity contribution in [1.29, 1.82) is 0 Å². The Hall–Kier alpha value is -1.91. The molecule has 3 rings (SSSR count). The van der Waals surface area contributed by atoms with Crippen molar-refractivity contribution >= 4 is 11.8 Å². The van der Waals surface area contributed by atoms with E-state index in [1.54, 1.807) is 22.9 Å². The molecule has 2 amide bonds.